The molecule has 0 saturated carbocycles. The van der Waals surface area contributed by atoms with Gasteiger partial charge in [0.2, 0.25) is 0 Å². The number of hydrogen-bond donors (Lipinski definition) is 2. The fourth-order valence-electron chi connectivity index (χ4n) is 1.44. The van der Waals surface area contributed by atoms with E-state index in [0.717, 1.165) is 0 Å². The quantitative estimate of drug-likeness (QED) is 0.838. The minimum Gasteiger partial charge on any atom is -0.494 e. The summed E-state index contributed by atoms with van der Waals surface area (Å²) in [4.78, 5) is 11.9. The predicted octanol–water partition coefficient (Wildman–Crippen LogP) is 1.55. The molecule has 5 heteroatoms. The van der Waals surface area contributed by atoms with Crippen LogP contribution in [0.2, 0.25) is 0 Å². The lowest BCUT2D eigenvalue weighted by Gasteiger charge is -2.19. The Hall–Kier alpha value is -1.62. The van der Waals surface area contributed by atoms with Crippen LogP contribution in [0.5, 0.6) is 5.75 Å². The van der Waals surface area contributed by atoms with E-state index in [0.29, 0.717) is 12.1 Å². The van der Waals surface area contributed by atoms with E-state index in [9.17, 15) is 9.18 Å². The van der Waals surface area contributed by atoms with Gasteiger partial charge in [-0.25, -0.2) is 4.39 Å². The molecule has 1 amide bonds. The number of halogens is 1. The lowest BCUT2D eigenvalue weighted by atomic mass is 10.0. The summed E-state index contributed by atoms with van der Waals surface area (Å²) < 4.78 is 18.0. The number of nitrogens with one attached hydrogen (secondary N) is 1. The molecule has 0 fully saturated rings. The van der Waals surface area contributed by atoms with Crippen molar-refractivity contribution in [2.45, 2.75) is 19.9 Å². The summed E-state index contributed by atoms with van der Waals surface area (Å²) in [5, 5.41) is 2.82. The van der Waals surface area contributed by atoms with E-state index in [4.69, 9.17) is 10.5 Å². The van der Waals surface area contributed by atoms with Gasteiger partial charge in [-0.3, -0.25) is 4.79 Å². The Balaban J connectivity index is 2.78. The SMILES string of the molecule is COc1cc(C(=O)NC(C)C(C)CN)ccc1F. The van der Waals surface area contributed by atoms with Crippen LogP contribution in [0, 0.1) is 11.7 Å². The molecule has 0 saturated heterocycles. The molecular weight excluding hydrogens is 235 g/mol. The number of carbonyl (C=O) groups excluding carboxylic acids is 1. The van der Waals surface area contributed by atoms with Gasteiger partial charge >= 0.3 is 0 Å². The number of nitrogens with two attached hydrogens (primary N) is 1. The molecule has 100 valence electrons. The van der Waals surface area contributed by atoms with Crippen LogP contribution in [0.25, 0.3) is 0 Å². The second-order valence-corrected chi connectivity index (χ2v) is 4.32. The summed E-state index contributed by atoms with van der Waals surface area (Å²) in [6, 6.07) is 3.97. The highest BCUT2D eigenvalue weighted by molar-refractivity contribution is 5.94. The van der Waals surface area contributed by atoms with Crippen LogP contribution in [0.3, 0.4) is 0 Å². The lowest BCUT2D eigenvalue weighted by Crippen LogP contribution is -2.39. The van der Waals surface area contributed by atoms with Crippen LogP contribution >= 0.6 is 0 Å². The topological polar surface area (TPSA) is 64.3 Å². The second-order valence-electron chi connectivity index (χ2n) is 4.32. The molecule has 0 spiro atoms. The highest BCUT2D eigenvalue weighted by Gasteiger charge is 2.15. The number of ether oxygens (including phenoxy) is 1. The van der Waals surface area contributed by atoms with Gasteiger partial charge in [-0.2, -0.15) is 0 Å². The maximum absolute atomic E-state index is 13.2. The fraction of sp³-hybridized carbons (Fsp3) is 0.462. The fourth-order valence-corrected chi connectivity index (χ4v) is 1.44. The molecule has 18 heavy (non-hydrogen) atoms. The molecule has 0 aliphatic carbocycles. The number of amides is 1. The van der Waals surface area contributed by atoms with Gasteiger partial charge in [0, 0.05) is 11.6 Å². The summed E-state index contributed by atoms with van der Waals surface area (Å²) >= 11 is 0. The number of benzene rings is 1. The summed E-state index contributed by atoms with van der Waals surface area (Å²) in [7, 11) is 1.36. The third-order valence-corrected chi connectivity index (χ3v) is 3.00. The first-order chi connectivity index (χ1) is 8.49. The number of methoxy groups -OCH3 is 1. The molecule has 4 nitrogen and oxygen atoms in total. The first-order valence-corrected chi connectivity index (χ1v) is 5.84. The average molecular weight is 254 g/mol. The Labute approximate surface area is 106 Å². The molecule has 2 atom stereocenters. The summed E-state index contributed by atoms with van der Waals surface area (Å²) in [5.74, 6) is -0.517. The van der Waals surface area contributed by atoms with Crippen molar-refractivity contribution in [3.05, 3.63) is 29.6 Å². The maximum atomic E-state index is 13.2. The van der Waals surface area contributed by atoms with Gasteiger partial charge in [0.1, 0.15) is 0 Å². The molecule has 1 aromatic rings. The minimum absolute atomic E-state index is 0.0430. The molecule has 0 aromatic heterocycles. The molecule has 1 rings (SSSR count). The van der Waals surface area contributed by atoms with E-state index < -0.39 is 5.82 Å². The van der Waals surface area contributed by atoms with E-state index in [1.165, 1.54) is 25.3 Å². The van der Waals surface area contributed by atoms with Crippen molar-refractivity contribution in [2.24, 2.45) is 11.7 Å². The summed E-state index contributed by atoms with van der Waals surface area (Å²) in [6.45, 7) is 4.33. The molecule has 0 aliphatic heterocycles. The van der Waals surface area contributed by atoms with Crippen LogP contribution in [-0.4, -0.2) is 25.6 Å². The van der Waals surface area contributed by atoms with Crippen LogP contribution in [0.15, 0.2) is 18.2 Å². The standard InChI is InChI=1S/C13H19FN2O2/c1-8(7-15)9(2)16-13(17)10-4-5-11(14)12(6-10)18-3/h4-6,8-9H,7,15H2,1-3H3,(H,16,17). The van der Waals surface area contributed by atoms with Crippen LogP contribution in [0.1, 0.15) is 24.2 Å². The summed E-state index contributed by atoms with van der Waals surface area (Å²) in [6.07, 6.45) is 0. The van der Waals surface area contributed by atoms with Crippen LogP contribution in [-0.2, 0) is 0 Å². The van der Waals surface area contributed by atoms with E-state index >= 15 is 0 Å². The normalized spacial score (nSPS) is 13.8. The zero-order valence-corrected chi connectivity index (χ0v) is 10.9. The second kappa shape index (κ2) is 6.35. The molecular formula is C13H19FN2O2. The largest absolute Gasteiger partial charge is 0.494 e. The van der Waals surface area contributed by atoms with Crippen molar-refractivity contribution in [1.82, 2.24) is 5.32 Å². The molecule has 0 aliphatic rings. The Kier molecular flexibility index (Phi) is 5.09. The molecule has 0 bridgehead atoms. The van der Waals surface area contributed by atoms with Crippen molar-refractivity contribution in [1.29, 1.82) is 0 Å². The minimum atomic E-state index is -0.488. The number of carbonyl (C=O) groups is 1. The molecule has 0 radical (unpaired) electrons. The Bertz CT molecular complexity index is 423. The monoisotopic (exact) mass is 254 g/mol. The number of rotatable bonds is 5. The molecule has 1 aromatic carbocycles. The summed E-state index contributed by atoms with van der Waals surface area (Å²) in [5.41, 5.74) is 5.90. The van der Waals surface area contributed by atoms with Gasteiger partial charge < -0.3 is 15.8 Å². The number of hydrogen-bond acceptors (Lipinski definition) is 3. The van der Waals surface area contributed by atoms with Crippen molar-refractivity contribution < 1.29 is 13.9 Å². The zero-order valence-electron chi connectivity index (χ0n) is 10.9. The van der Waals surface area contributed by atoms with Crippen LogP contribution in [0.4, 0.5) is 4.39 Å². The van der Waals surface area contributed by atoms with Crippen LogP contribution < -0.4 is 15.8 Å². The average Bonchev–Trinajstić information content (AvgIpc) is 2.37. The van der Waals surface area contributed by atoms with Gasteiger partial charge in [-0.1, -0.05) is 6.92 Å². The zero-order chi connectivity index (χ0) is 13.7. The molecule has 2 unspecified atom stereocenters. The Morgan fingerprint density at radius 1 is 1.50 bits per heavy atom. The van der Waals surface area contributed by atoms with Crippen molar-refractivity contribution >= 4 is 5.91 Å². The van der Waals surface area contributed by atoms with Crippen molar-refractivity contribution in [3.8, 4) is 5.75 Å². The smallest absolute Gasteiger partial charge is 0.251 e. The van der Waals surface area contributed by atoms with E-state index in [1.807, 2.05) is 13.8 Å². The van der Waals surface area contributed by atoms with E-state index in [1.54, 1.807) is 0 Å². The van der Waals surface area contributed by atoms with Crippen molar-refractivity contribution in [2.75, 3.05) is 13.7 Å². The Morgan fingerprint density at radius 3 is 2.72 bits per heavy atom. The highest BCUT2D eigenvalue weighted by atomic mass is 19.1. The van der Waals surface area contributed by atoms with Gasteiger partial charge in [0.05, 0.1) is 7.11 Å². The highest BCUT2D eigenvalue weighted by Crippen LogP contribution is 2.18. The third-order valence-electron chi connectivity index (χ3n) is 3.00. The molecule has 3 N–H and O–H groups in total. The van der Waals surface area contributed by atoms with Gasteiger partial charge in [-0.15, -0.1) is 0 Å². The van der Waals surface area contributed by atoms with Gasteiger partial charge in [0.25, 0.3) is 5.91 Å². The Morgan fingerprint density at radius 2 is 2.17 bits per heavy atom. The predicted molar refractivity (Wildman–Crippen MR) is 68.1 cm³/mol. The van der Waals surface area contributed by atoms with Gasteiger partial charge in [0.15, 0.2) is 11.6 Å². The maximum Gasteiger partial charge on any atom is 0.251 e. The first-order valence-electron chi connectivity index (χ1n) is 5.84. The lowest BCUT2D eigenvalue weighted by molar-refractivity contribution is 0.0929. The first kappa shape index (κ1) is 14.4. The van der Waals surface area contributed by atoms with Crippen molar-refractivity contribution in [3.63, 3.8) is 0 Å². The third kappa shape index (κ3) is 3.43. The van der Waals surface area contributed by atoms with E-state index in [-0.39, 0.29) is 23.6 Å². The molecule has 0 heterocycles. The van der Waals surface area contributed by atoms with E-state index in [2.05, 4.69) is 5.32 Å². The van der Waals surface area contributed by atoms with Gasteiger partial charge in [-0.05, 0) is 37.6 Å².